The predicted molar refractivity (Wildman–Crippen MR) is 133 cm³/mol. The van der Waals surface area contributed by atoms with Crippen molar-refractivity contribution < 1.29 is 19.1 Å². The maximum absolute atomic E-state index is 13.4. The standard InChI is InChI=1S/C28H42N2O4/c1-3-4-5-6-7-11-19-34-28(33)25-20-23-15-12-16-24(23)30(25)27(32)21(2)29-26(31)18-17-22-13-9-8-10-14-22/h8-10,13-14,21,23-25H,3-7,11-12,15-20H2,1-2H3,(H,29,31)/t21-,23-,24-,25-/m0/s1. The first kappa shape index (κ1) is 26.2. The van der Waals surface area contributed by atoms with Crippen molar-refractivity contribution in [3.05, 3.63) is 35.9 Å². The Morgan fingerprint density at radius 1 is 1.06 bits per heavy atom. The predicted octanol–water partition coefficient (Wildman–Crippen LogP) is 4.80. The minimum absolute atomic E-state index is 0.0859. The number of nitrogens with zero attached hydrogens (tertiary/aromatic N) is 1. The molecule has 0 aromatic heterocycles. The van der Waals surface area contributed by atoms with E-state index in [9.17, 15) is 14.4 Å². The smallest absolute Gasteiger partial charge is 0.328 e. The number of fused-ring (bicyclic) bond motifs is 1. The lowest BCUT2D eigenvalue weighted by molar-refractivity contribution is -0.155. The Kier molecular flexibility index (Phi) is 10.4. The van der Waals surface area contributed by atoms with Crippen molar-refractivity contribution in [1.82, 2.24) is 10.2 Å². The summed E-state index contributed by atoms with van der Waals surface area (Å²) in [5.41, 5.74) is 1.10. The molecule has 0 unspecified atom stereocenters. The molecule has 1 aliphatic carbocycles. The second-order valence-corrected chi connectivity index (χ2v) is 9.97. The Balaban J connectivity index is 1.50. The number of hydrogen-bond acceptors (Lipinski definition) is 4. The molecule has 1 N–H and O–H groups in total. The molecule has 0 radical (unpaired) electrons. The van der Waals surface area contributed by atoms with E-state index in [0.29, 0.717) is 31.8 Å². The van der Waals surface area contributed by atoms with Crippen molar-refractivity contribution in [3.8, 4) is 0 Å². The van der Waals surface area contributed by atoms with Gasteiger partial charge in [-0.2, -0.15) is 0 Å². The minimum Gasteiger partial charge on any atom is -0.464 e. The van der Waals surface area contributed by atoms with E-state index in [4.69, 9.17) is 4.74 Å². The monoisotopic (exact) mass is 470 g/mol. The van der Waals surface area contributed by atoms with Gasteiger partial charge in [0.1, 0.15) is 12.1 Å². The van der Waals surface area contributed by atoms with Gasteiger partial charge in [0.2, 0.25) is 11.8 Å². The average molecular weight is 471 g/mol. The number of nitrogens with one attached hydrogen (secondary N) is 1. The van der Waals surface area contributed by atoms with Crippen molar-refractivity contribution in [3.63, 3.8) is 0 Å². The summed E-state index contributed by atoms with van der Waals surface area (Å²) >= 11 is 0. The second-order valence-electron chi connectivity index (χ2n) is 9.97. The first-order valence-corrected chi connectivity index (χ1v) is 13.3. The van der Waals surface area contributed by atoms with Crippen LogP contribution in [0.1, 0.15) is 90.0 Å². The highest BCUT2D eigenvalue weighted by Crippen LogP contribution is 2.42. The lowest BCUT2D eigenvalue weighted by Gasteiger charge is -2.31. The van der Waals surface area contributed by atoms with Crippen LogP contribution in [0.3, 0.4) is 0 Å². The number of aryl methyl sites for hydroxylation is 1. The van der Waals surface area contributed by atoms with E-state index in [1.807, 2.05) is 30.3 Å². The molecule has 6 nitrogen and oxygen atoms in total. The summed E-state index contributed by atoms with van der Waals surface area (Å²) in [4.78, 5) is 40.6. The highest BCUT2D eigenvalue weighted by molar-refractivity contribution is 5.91. The van der Waals surface area contributed by atoms with Gasteiger partial charge in [-0.25, -0.2) is 4.79 Å². The normalized spacial score (nSPS) is 22.3. The average Bonchev–Trinajstić information content (AvgIpc) is 3.44. The quantitative estimate of drug-likeness (QED) is 0.332. The van der Waals surface area contributed by atoms with Gasteiger partial charge >= 0.3 is 5.97 Å². The fourth-order valence-electron chi connectivity index (χ4n) is 5.47. The molecule has 2 amide bonds. The third-order valence-corrected chi connectivity index (χ3v) is 7.34. The summed E-state index contributed by atoms with van der Waals surface area (Å²) in [7, 11) is 0. The molecule has 2 aliphatic rings. The molecule has 1 heterocycles. The third kappa shape index (κ3) is 7.31. The number of benzene rings is 1. The molecule has 188 valence electrons. The first-order valence-electron chi connectivity index (χ1n) is 13.3. The van der Waals surface area contributed by atoms with E-state index in [-0.39, 0.29) is 23.8 Å². The molecule has 0 bridgehead atoms. The van der Waals surface area contributed by atoms with E-state index >= 15 is 0 Å². The zero-order valence-electron chi connectivity index (χ0n) is 21.0. The van der Waals surface area contributed by atoms with Gasteiger partial charge in [0.15, 0.2) is 0 Å². The molecule has 6 heteroatoms. The molecule has 1 aliphatic heterocycles. The molecule has 1 saturated heterocycles. The molecule has 4 atom stereocenters. The lowest BCUT2D eigenvalue weighted by atomic mass is 10.0. The molecule has 1 aromatic carbocycles. The summed E-state index contributed by atoms with van der Waals surface area (Å²) in [6.45, 7) is 4.34. The van der Waals surface area contributed by atoms with Gasteiger partial charge in [-0.3, -0.25) is 9.59 Å². The number of unbranched alkanes of at least 4 members (excludes halogenated alkanes) is 5. The fourth-order valence-corrected chi connectivity index (χ4v) is 5.47. The van der Waals surface area contributed by atoms with Crippen LogP contribution in [0.5, 0.6) is 0 Å². The summed E-state index contributed by atoms with van der Waals surface area (Å²) in [5.74, 6) is -0.228. The van der Waals surface area contributed by atoms with Gasteiger partial charge in [0, 0.05) is 12.5 Å². The van der Waals surface area contributed by atoms with Gasteiger partial charge in [-0.15, -0.1) is 0 Å². The molecular formula is C28H42N2O4. The van der Waals surface area contributed by atoms with Crippen LogP contribution in [0.2, 0.25) is 0 Å². The number of amides is 2. The van der Waals surface area contributed by atoms with Gasteiger partial charge < -0.3 is 15.0 Å². The van der Waals surface area contributed by atoms with Crippen molar-refractivity contribution in [2.75, 3.05) is 6.61 Å². The van der Waals surface area contributed by atoms with Crippen molar-refractivity contribution in [1.29, 1.82) is 0 Å². The molecule has 0 spiro atoms. The van der Waals surface area contributed by atoms with Crippen molar-refractivity contribution in [2.24, 2.45) is 5.92 Å². The van der Waals surface area contributed by atoms with Crippen molar-refractivity contribution >= 4 is 17.8 Å². The van der Waals surface area contributed by atoms with Crippen LogP contribution in [0, 0.1) is 5.92 Å². The molecule has 1 saturated carbocycles. The Bertz CT molecular complexity index is 797. The fraction of sp³-hybridized carbons (Fsp3) is 0.679. The topological polar surface area (TPSA) is 75.7 Å². The zero-order valence-corrected chi connectivity index (χ0v) is 21.0. The van der Waals surface area contributed by atoms with E-state index < -0.39 is 12.1 Å². The van der Waals surface area contributed by atoms with Gasteiger partial charge in [-0.1, -0.05) is 75.8 Å². The third-order valence-electron chi connectivity index (χ3n) is 7.34. The molecule has 1 aromatic rings. The molecule has 2 fully saturated rings. The Labute approximate surface area is 204 Å². The summed E-state index contributed by atoms with van der Waals surface area (Å²) in [6.07, 6.45) is 11.5. The highest BCUT2D eigenvalue weighted by Gasteiger charge is 2.50. The van der Waals surface area contributed by atoms with Crippen LogP contribution >= 0.6 is 0 Å². The Morgan fingerprint density at radius 3 is 2.56 bits per heavy atom. The summed E-state index contributed by atoms with van der Waals surface area (Å²) in [5, 5.41) is 2.86. The van der Waals surface area contributed by atoms with Gasteiger partial charge in [-0.05, 0) is 50.5 Å². The van der Waals surface area contributed by atoms with E-state index in [1.54, 1.807) is 11.8 Å². The van der Waals surface area contributed by atoms with Crippen molar-refractivity contribution in [2.45, 2.75) is 109 Å². The summed E-state index contributed by atoms with van der Waals surface area (Å²) < 4.78 is 5.61. The number of ether oxygens (including phenoxy) is 1. The van der Waals surface area contributed by atoms with Gasteiger partial charge in [0.25, 0.3) is 0 Å². The largest absolute Gasteiger partial charge is 0.464 e. The van der Waals surface area contributed by atoms with Crippen LogP contribution in [-0.4, -0.2) is 47.4 Å². The molecule has 3 rings (SSSR count). The number of hydrogen-bond donors (Lipinski definition) is 1. The Morgan fingerprint density at radius 2 is 1.79 bits per heavy atom. The molecular weight excluding hydrogens is 428 g/mol. The highest BCUT2D eigenvalue weighted by atomic mass is 16.5. The van der Waals surface area contributed by atoms with Gasteiger partial charge in [0.05, 0.1) is 6.61 Å². The zero-order chi connectivity index (χ0) is 24.3. The Hall–Kier alpha value is -2.37. The SMILES string of the molecule is CCCCCCCCOC(=O)[C@@H]1C[C@@H]2CCC[C@@H]2N1C(=O)[C@H](C)NC(=O)CCc1ccccc1. The minimum atomic E-state index is -0.656. The number of carbonyl (C=O) groups is 3. The maximum atomic E-state index is 13.4. The van der Waals surface area contributed by atoms with Crippen LogP contribution in [0.15, 0.2) is 30.3 Å². The first-order chi connectivity index (χ1) is 16.5. The van der Waals surface area contributed by atoms with E-state index in [2.05, 4.69) is 12.2 Å². The molecule has 34 heavy (non-hydrogen) atoms. The van der Waals surface area contributed by atoms with Crippen LogP contribution < -0.4 is 5.32 Å². The number of esters is 1. The number of rotatable bonds is 13. The van der Waals surface area contributed by atoms with Crippen LogP contribution in [0.25, 0.3) is 0 Å². The lowest BCUT2D eigenvalue weighted by Crippen LogP contribution is -2.53. The number of carbonyl (C=O) groups excluding carboxylic acids is 3. The van der Waals surface area contributed by atoms with Crippen LogP contribution in [-0.2, 0) is 25.5 Å². The van der Waals surface area contributed by atoms with Crippen LogP contribution in [0.4, 0.5) is 0 Å². The number of likely N-dealkylation sites (tertiary alicyclic amines) is 1. The maximum Gasteiger partial charge on any atom is 0.328 e. The summed E-state index contributed by atoms with van der Waals surface area (Å²) in [6, 6.07) is 8.76. The van der Waals surface area contributed by atoms with E-state index in [1.165, 1.54) is 25.7 Å². The van der Waals surface area contributed by atoms with E-state index in [0.717, 1.165) is 37.7 Å². The second kappa shape index (κ2) is 13.5.